The number of amides is 1. The summed E-state index contributed by atoms with van der Waals surface area (Å²) in [6, 6.07) is 28.7. The molecule has 0 bridgehead atoms. The van der Waals surface area contributed by atoms with E-state index >= 15 is 0 Å². The molecule has 3 aromatic rings. The van der Waals surface area contributed by atoms with Crippen LogP contribution in [0, 0.1) is 5.92 Å². The Bertz CT molecular complexity index is 947. The van der Waals surface area contributed by atoms with Gasteiger partial charge in [-0.3, -0.25) is 4.79 Å². The number of esters is 1. The summed E-state index contributed by atoms with van der Waals surface area (Å²) < 4.78 is 5.14. The molecule has 1 amide bonds. The molecule has 0 aromatic heterocycles. The van der Waals surface area contributed by atoms with Crippen molar-refractivity contribution in [2.75, 3.05) is 7.11 Å². The van der Waals surface area contributed by atoms with Gasteiger partial charge in [-0.25, -0.2) is 4.79 Å². The van der Waals surface area contributed by atoms with E-state index in [2.05, 4.69) is 5.32 Å². The van der Waals surface area contributed by atoms with Gasteiger partial charge in [-0.1, -0.05) is 110 Å². The van der Waals surface area contributed by atoms with Crippen molar-refractivity contribution in [2.24, 2.45) is 5.92 Å². The molecule has 0 heterocycles. The Kier molecular flexibility index (Phi) is 7.23. The molecule has 1 aliphatic carbocycles. The molecule has 0 unspecified atom stereocenters. The summed E-state index contributed by atoms with van der Waals surface area (Å²) in [4.78, 5) is 27.3. The maximum Gasteiger partial charge on any atom is 0.328 e. The van der Waals surface area contributed by atoms with Crippen LogP contribution in [0.15, 0.2) is 91.0 Å². The lowest BCUT2D eigenvalue weighted by Crippen LogP contribution is -2.54. The van der Waals surface area contributed by atoms with Crippen LogP contribution < -0.4 is 5.32 Å². The molecule has 1 fully saturated rings. The molecule has 1 N–H and O–H groups in total. The molecule has 0 aliphatic heterocycles. The van der Waals surface area contributed by atoms with Crippen molar-refractivity contribution in [1.82, 2.24) is 5.32 Å². The number of hydrogen-bond acceptors (Lipinski definition) is 3. The van der Waals surface area contributed by atoms with E-state index in [1.54, 1.807) is 0 Å². The van der Waals surface area contributed by atoms with Crippen LogP contribution in [0.5, 0.6) is 0 Å². The Hall–Kier alpha value is -3.40. The van der Waals surface area contributed by atoms with Gasteiger partial charge in [0.05, 0.1) is 7.11 Å². The molecule has 4 heteroatoms. The molecule has 4 nitrogen and oxygen atoms in total. The van der Waals surface area contributed by atoms with Crippen LogP contribution in [-0.4, -0.2) is 25.0 Å². The van der Waals surface area contributed by atoms with Crippen LogP contribution in [0.4, 0.5) is 0 Å². The number of hydrogen-bond donors (Lipinski definition) is 1. The zero-order valence-corrected chi connectivity index (χ0v) is 19.1. The summed E-state index contributed by atoms with van der Waals surface area (Å²) in [6.07, 6.45) is 5.12. The Morgan fingerprint density at radius 2 is 1.18 bits per heavy atom. The van der Waals surface area contributed by atoms with Gasteiger partial charge >= 0.3 is 5.97 Å². The maximum absolute atomic E-state index is 14.4. The van der Waals surface area contributed by atoms with Crippen molar-refractivity contribution in [1.29, 1.82) is 0 Å². The highest BCUT2D eigenvalue weighted by atomic mass is 16.5. The fourth-order valence-corrected chi connectivity index (χ4v) is 5.17. The van der Waals surface area contributed by atoms with E-state index in [1.807, 2.05) is 91.0 Å². The number of carbonyl (C=O) groups excluding carboxylic acids is 2. The van der Waals surface area contributed by atoms with E-state index in [0.29, 0.717) is 0 Å². The van der Waals surface area contributed by atoms with E-state index in [4.69, 9.17) is 4.74 Å². The molecule has 1 saturated carbocycles. The molecule has 3 aromatic carbocycles. The number of methoxy groups -OCH3 is 1. The van der Waals surface area contributed by atoms with Crippen LogP contribution in [0.1, 0.15) is 48.8 Å². The Morgan fingerprint density at radius 1 is 0.758 bits per heavy atom. The first-order valence-corrected chi connectivity index (χ1v) is 11.7. The van der Waals surface area contributed by atoms with E-state index in [9.17, 15) is 9.59 Å². The average Bonchev–Trinajstić information content (AvgIpc) is 2.90. The van der Waals surface area contributed by atoms with Gasteiger partial charge in [-0.2, -0.15) is 0 Å². The molecule has 0 spiro atoms. The minimum atomic E-state index is -1.11. The summed E-state index contributed by atoms with van der Waals surface area (Å²) >= 11 is 0. The normalized spacial score (nSPS) is 15.4. The van der Waals surface area contributed by atoms with Crippen molar-refractivity contribution in [3.63, 3.8) is 0 Å². The third-order valence-electron chi connectivity index (χ3n) is 6.82. The van der Waals surface area contributed by atoms with Crippen LogP contribution in [-0.2, 0) is 19.7 Å². The molecular formula is C29H31NO3. The second kappa shape index (κ2) is 10.5. The van der Waals surface area contributed by atoms with Gasteiger partial charge in [0, 0.05) is 0 Å². The Balaban J connectivity index is 1.87. The van der Waals surface area contributed by atoms with Crippen LogP contribution >= 0.6 is 0 Å². The molecular weight excluding hydrogens is 410 g/mol. The van der Waals surface area contributed by atoms with Gasteiger partial charge in [0.1, 0.15) is 11.5 Å². The van der Waals surface area contributed by atoms with Gasteiger partial charge in [0.15, 0.2) is 0 Å². The highest BCUT2D eigenvalue weighted by Gasteiger charge is 2.46. The molecule has 33 heavy (non-hydrogen) atoms. The Labute approximate surface area is 196 Å². The molecule has 0 saturated heterocycles. The Morgan fingerprint density at radius 3 is 1.58 bits per heavy atom. The molecule has 4 rings (SSSR count). The van der Waals surface area contributed by atoms with Crippen LogP contribution in [0.3, 0.4) is 0 Å². The first-order chi connectivity index (χ1) is 16.2. The summed E-state index contributed by atoms with van der Waals surface area (Å²) in [5, 5.41) is 3.16. The number of ether oxygens (including phenoxy) is 1. The summed E-state index contributed by atoms with van der Waals surface area (Å²) in [5.74, 6) is -0.513. The number of benzene rings is 3. The fourth-order valence-electron chi connectivity index (χ4n) is 5.17. The highest BCUT2D eigenvalue weighted by Crippen LogP contribution is 2.40. The number of nitrogens with one attached hydrogen (secondary N) is 1. The highest BCUT2D eigenvalue weighted by molar-refractivity contribution is 5.98. The third kappa shape index (κ3) is 4.56. The molecule has 170 valence electrons. The monoisotopic (exact) mass is 441 g/mol. The number of rotatable bonds is 7. The van der Waals surface area contributed by atoms with Crippen molar-refractivity contribution in [2.45, 2.75) is 43.6 Å². The third-order valence-corrected chi connectivity index (χ3v) is 6.82. The van der Waals surface area contributed by atoms with Gasteiger partial charge in [-0.05, 0) is 35.4 Å². The van der Waals surface area contributed by atoms with Crippen LogP contribution in [0.2, 0.25) is 0 Å². The minimum Gasteiger partial charge on any atom is -0.467 e. The van der Waals surface area contributed by atoms with Gasteiger partial charge in [-0.15, -0.1) is 0 Å². The lowest BCUT2D eigenvalue weighted by molar-refractivity contribution is -0.147. The first kappa shape index (κ1) is 22.8. The van der Waals surface area contributed by atoms with Gasteiger partial charge in [0.2, 0.25) is 5.91 Å². The van der Waals surface area contributed by atoms with Crippen molar-refractivity contribution in [3.05, 3.63) is 108 Å². The zero-order valence-electron chi connectivity index (χ0n) is 19.1. The summed E-state index contributed by atoms with van der Waals surface area (Å²) in [7, 11) is 1.39. The second-order valence-corrected chi connectivity index (χ2v) is 8.72. The molecule has 1 aliphatic rings. The smallest absolute Gasteiger partial charge is 0.328 e. The van der Waals surface area contributed by atoms with Gasteiger partial charge in [0.25, 0.3) is 0 Å². The van der Waals surface area contributed by atoms with E-state index in [0.717, 1.165) is 42.4 Å². The summed E-state index contributed by atoms with van der Waals surface area (Å²) in [6.45, 7) is 0. The summed E-state index contributed by atoms with van der Waals surface area (Å²) in [5.41, 5.74) is 1.46. The van der Waals surface area contributed by atoms with E-state index in [1.165, 1.54) is 13.5 Å². The standard InChI is InChI=1S/C29H31NO3/c1-33-27(31)26(22-14-6-2-7-15-22)30-28(32)29(23-16-8-3-9-17-23,24-18-10-4-11-19-24)25-20-12-5-13-21-25/h3-5,8-13,16-22,26H,2,6-7,14-15H2,1H3,(H,30,32)/t26-/m1/s1. The van der Waals surface area contributed by atoms with Crippen molar-refractivity contribution < 1.29 is 14.3 Å². The minimum absolute atomic E-state index is 0.0789. The molecule has 1 atom stereocenters. The predicted octanol–water partition coefficient (Wildman–Crippen LogP) is 5.26. The van der Waals surface area contributed by atoms with Crippen molar-refractivity contribution in [3.8, 4) is 0 Å². The van der Waals surface area contributed by atoms with E-state index < -0.39 is 11.5 Å². The predicted molar refractivity (Wildman–Crippen MR) is 130 cm³/mol. The lowest BCUT2D eigenvalue weighted by Gasteiger charge is -2.37. The van der Waals surface area contributed by atoms with Crippen molar-refractivity contribution >= 4 is 11.9 Å². The quantitative estimate of drug-likeness (QED) is 0.402. The maximum atomic E-state index is 14.4. The first-order valence-electron chi connectivity index (χ1n) is 11.7. The topological polar surface area (TPSA) is 55.4 Å². The molecule has 0 radical (unpaired) electrons. The SMILES string of the molecule is COC(=O)[C@H](NC(=O)C(c1ccccc1)(c1ccccc1)c1ccccc1)C1CCCCC1. The number of carbonyl (C=O) groups is 2. The zero-order chi connectivity index (χ0) is 23.1. The average molecular weight is 442 g/mol. The second-order valence-electron chi connectivity index (χ2n) is 8.72. The fraction of sp³-hybridized carbons (Fsp3) is 0.310. The van der Waals surface area contributed by atoms with Gasteiger partial charge < -0.3 is 10.1 Å². The van der Waals surface area contributed by atoms with Crippen LogP contribution in [0.25, 0.3) is 0 Å². The lowest BCUT2D eigenvalue weighted by atomic mass is 9.68. The largest absolute Gasteiger partial charge is 0.467 e. The van der Waals surface area contributed by atoms with E-state index in [-0.39, 0.29) is 17.8 Å².